The number of carbonyl (C=O) groups is 3. The van der Waals surface area contributed by atoms with E-state index in [0.29, 0.717) is 56.3 Å². The molecule has 9 heteroatoms. The van der Waals surface area contributed by atoms with Crippen LogP contribution >= 0.6 is 0 Å². The molecule has 0 aromatic heterocycles. The lowest BCUT2D eigenvalue weighted by Gasteiger charge is -2.32. The van der Waals surface area contributed by atoms with E-state index in [1.165, 1.54) is 19.3 Å². The van der Waals surface area contributed by atoms with Crippen LogP contribution in [0.25, 0.3) is 0 Å². The van der Waals surface area contributed by atoms with Crippen molar-refractivity contribution in [2.24, 2.45) is 5.73 Å². The van der Waals surface area contributed by atoms with Crippen molar-refractivity contribution in [2.45, 2.75) is 95.9 Å². The predicted octanol–water partition coefficient (Wildman–Crippen LogP) is 4.75. The molecule has 1 saturated carbocycles. The summed E-state index contributed by atoms with van der Waals surface area (Å²) in [6.07, 6.45) is 7.73. The number of benzene rings is 2. The average molecular weight is 606 g/mol. The second-order valence-corrected chi connectivity index (χ2v) is 12.3. The first kappa shape index (κ1) is 33.5. The topological polar surface area (TPSA) is 117 Å². The molecule has 3 atom stereocenters. The van der Waals surface area contributed by atoms with E-state index in [1.807, 2.05) is 35.2 Å². The van der Waals surface area contributed by atoms with Crippen molar-refractivity contribution in [2.75, 3.05) is 32.7 Å². The van der Waals surface area contributed by atoms with Crippen LogP contribution in [-0.4, -0.2) is 84.7 Å². The molecule has 2 aliphatic rings. The van der Waals surface area contributed by atoms with Gasteiger partial charge in [0.05, 0.1) is 6.04 Å². The minimum atomic E-state index is -0.611. The SMILES string of the molecule is CCCN(CCC)C(=O)c1cccc(C(=O)NC(Cc2ccccc2)C(CNC2CCCCC2)OC(=O)N2CC[C@@H](N)C2)c1. The maximum atomic E-state index is 13.8. The van der Waals surface area contributed by atoms with Gasteiger partial charge in [-0.2, -0.15) is 0 Å². The fourth-order valence-electron chi connectivity index (χ4n) is 6.24. The van der Waals surface area contributed by atoms with E-state index < -0.39 is 18.2 Å². The highest BCUT2D eigenvalue weighted by molar-refractivity contribution is 5.99. The van der Waals surface area contributed by atoms with Gasteiger partial charge in [0, 0.05) is 55.9 Å². The molecule has 4 N–H and O–H groups in total. The Kier molecular flexibility index (Phi) is 13.1. The third-order valence-electron chi connectivity index (χ3n) is 8.66. The van der Waals surface area contributed by atoms with Crippen molar-refractivity contribution in [3.63, 3.8) is 0 Å². The first-order valence-electron chi connectivity index (χ1n) is 16.6. The summed E-state index contributed by atoms with van der Waals surface area (Å²) in [5.41, 5.74) is 8.00. The smallest absolute Gasteiger partial charge is 0.410 e. The Bertz CT molecular complexity index is 1200. The summed E-state index contributed by atoms with van der Waals surface area (Å²) in [6, 6.07) is 16.6. The zero-order chi connectivity index (χ0) is 31.3. The van der Waals surface area contributed by atoms with Crippen LogP contribution < -0.4 is 16.4 Å². The third-order valence-corrected chi connectivity index (χ3v) is 8.66. The lowest BCUT2D eigenvalue weighted by atomic mass is 9.94. The van der Waals surface area contributed by atoms with E-state index >= 15 is 0 Å². The summed E-state index contributed by atoms with van der Waals surface area (Å²) in [5, 5.41) is 6.84. The molecule has 2 fully saturated rings. The highest BCUT2D eigenvalue weighted by Gasteiger charge is 2.32. The normalized spacial score (nSPS) is 18.4. The van der Waals surface area contributed by atoms with Gasteiger partial charge in [-0.1, -0.05) is 69.5 Å². The minimum Gasteiger partial charge on any atom is -0.443 e. The summed E-state index contributed by atoms with van der Waals surface area (Å²) in [4.78, 5) is 43.9. The standard InChI is InChI=1S/C35H51N5O4/c1-3-19-39(20-4-2)34(42)28-15-11-14-27(23-28)33(41)38-31(22-26-12-7-5-8-13-26)32(24-37-30-16-9-6-10-17-30)44-35(43)40-21-18-29(36)25-40/h5,7-8,11-15,23,29-32,37H,3-4,6,9-10,16-22,24-25,36H2,1-2H3,(H,38,41)/t29-,31?,32?/m1/s1. The van der Waals surface area contributed by atoms with Crippen molar-refractivity contribution in [3.8, 4) is 0 Å². The fourth-order valence-corrected chi connectivity index (χ4v) is 6.24. The maximum absolute atomic E-state index is 13.8. The first-order valence-corrected chi connectivity index (χ1v) is 16.6. The molecule has 1 saturated heterocycles. The number of ether oxygens (including phenoxy) is 1. The molecule has 4 rings (SSSR count). The number of hydrogen-bond donors (Lipinski definition) is 3. The highest BCUT2D eigenvalue weighted by atomic mass is 16.6. The van der Waals surface area contributed by atoms with Crippen LogP contribution in [0.2, 0.25) is 0 Å². The second kappa shape index (κ2) is 17.2. The van der Waals surface area contributed by atoms with Gasteiger partial charge in [0.15, 0.2) is 0 Å². The first-order chi connectivity index (χ1) is 21.4. The Morgan fingerprint density at radius 1 is 0.955 bits per heavy atom. The Hall–Kier alpha value is -3.43. The molecular weight excluding hydrogens is 554 g/mol. The molecule has 1 aliphatic carbocycles. The van der Waals surface area contributed by atoms with Gasteiger partial charge in [0.1, 0.15) is 6.10 Å². The van der Waals surface area contributed by atoms with Gasteiger partial charge >= 0.3 is 6.09 Å². The molecule has 2 aromatic carbocycles. The molecule has 3 amide bonds. The molecule has 0 radical (unpaired) electrons. The summed E-state index contributed by atoms with van der Waals surface area (Å²) in [7, 11) is 0. The van der Waals surface area contributed by atoms with Gasteiger partial charge in [-0.25, -0.2) is 4.79 Å². The Labute approximate surface area is 262 Å². The predicted molar refractivity (Wildman–Crippen MR) is 174 cm³/mol. The number of rotatable bonds is 14. The number of nitrogens with two attached hydrogens (primary N) is 1. The lowest BCUT2D eigenvalue weighted by molar-refractivity contribution is 0.0442. The van der Waals surface area contributed by atoms with Crippen molar-refractivity contribution in [1.82, 2.24) is 20.4 Å². The molecule has 240 valence electrons. The third kappa shape index (κ3) is 9.79. The molecule has 9 nitrogen and oxygen atoms in total. The molecule has 0 bridgehead atoms. The Morgan fingerprint density at radius 2 is 1.66 bits per heavy atom. The van der Waals surface area contributed by atoms with Gasteiger partial charge in [-0.15, -0.1) is 0 Å². The number of hydrogen-bond acceptors (Lipinski definition) is 6. The monoisotopic (exact) mass is 605 g/mol. The van der Waals surface area contributed by atoms with Gasteiger partial charge in [-0.3, -0.25) is 9.59 Å². The Morgan fingerprint density at radius 3 is 2.32 bits per heavy atom. The zero-order valence-corrected chi connectivity index (χ0v) is 26.5. The van der Waals surface area contributed by atoms with Gasteiger partial charge < -0.3 is 30.9 Å². The molecule has 2 aromatic rings. The Balaban J connectivity index is 1.57. The van der Waals surface area contributed by atoms with Gasteiger partial charge in [-0.05, 0) is 62.3 Å². The fraction of sp³-hybridized carbons (Fsp3) is 0.571. The van der Waals surface area contributed by atoms with E-state index in [1.54, 1.807) is 29.2 Å². The van der Waals surface area contributed by atoms with Crippen LogP contribution in [-0.2, 0) is 11.2 Å². The number of likely N-dealkylation sites (tertiary alicyclic amines) is 1. The molecule has 1 heterocycles. The van der Waals surface area contributed by atoms with E-state index in [4.69, 9.17) is 10.5 Å². The van der Waals surface area contributed by atoms with Crippen LogP contribution in [0.1, 0.15) is 91.5 Å². The van der Waals surface area contributed by atoms with Crippen LogP contribution in [0.3, 0.4) is 0 Å². The van der Waals surface area contributed by atoms with E-state index in [2.05, 4.69) is 24.5 Å². The molecule has 2 unspecified atom stereocenters. The quantitative estimate of drug-likeness (QED) is 0.286. The number of nitrogens with one attached hydrogen (secondary N) is 2. The molecule has 44 heavy (non-hydrogen) atoms. The minimum absolute atomic E-state index is 0.0539. The van der Waals surface area contributed by atoms with Gasteiger partial charge in [0.25, 0.3) is 11.8 Å². The number of amides is 3. The van der Waals surface area contributed by atoms with Crippen molar-refractivity contribution < 1.29 is 19.1 Å². The van der Waals surface area contributed by atoms with Crippen LogP contribution in [0.4, 0.5) is 4.79 Å². The van der Waals surface area contributed by atoms with Crippen LogP contribution in [0, 0.1) is 0 Å². The highest BCUT2D eigenvalue weighted by Crippen LogP contribution is 2.19. The summed E-state index contributed by atoms with van der Waals surface area (Å²) < 4.78 is 6.19. The van der Waals surface area contributed by atoms with Crippen molar-refractivity contribution in [1.29, 1.82) is 0 Å². The van der Waals surface area contributed by atoms with Crippen molar-refractivity contribution >= 4 is 17.9 Å². The largest absolute Gasteiger partial charge is 0.443 e. The number of nitrogens with zero attached hydrogens (tertiary/aromatic N) is 2. The summed E-state index contributed by atoms with van der Waals surface area (Å²) in [5.74, 6) is -0.378. The molecule has 1 aliphatic heterocycles. The van der Waals surface area contributed by atoms with Gasteiger partial charge in [0.2, 0.25) is 0 Å². The molecular formula is C35H51N5O4. The van der Waals surface area contributed by atoms with Crippen LogP contribution in [0.5, 0.6) is 0 Å². The second-order valence-electron chi connectivity index (χ2n) is 12.3. The van der Waals surface area contributed by atoms with E-state index in [-0.39, 0.29) is 17.9 Å². The zero-order valence-electron chi connectivity index (χ0n) is 26.5. The van der Waals surface area contributed by atoms with Crippen LogP contribution in [0.15, 0.2) is 54.6 Å². The summed E-state index contributed by atoms with van der Waals surface area (Å²) >= 11 is 0. The average Bonchev–Trinajstić information content (AvgIpc) is 3.49. The maximum Gasteiger partial charge on any atom is 0.410 e. The van der Waals surface area contributed by atoms with E-state index in [0.717, 1.165) is 37.7 Å². The number of carbonyl (C=O) groups excluding carboxylic acids is 3. The van der Waals surface area contributed by atoms with Crippen molar-refractivity contribution in [3.05, 3.63) is 71.3 Å². The summed E-state index contributed by atoms with van der Waals surface area (Å²) in [6.45, 7) is 6.90. The lowest BCUT2D eigenvalue weighted by Crippen LogP contribution is -2.53. The molecule has 0 spiro atoms. The van der Waals surface area contributed by atoms with E-state index in [9.17, 15) is 14.4 Å².